The van der Waals surface area contributed by atoms with Gasteiger partial charge in [0.05, 0.1) is 22.5 Å². The first-order valence-electron chi connectivity index (χ1n) is 20.1. The second-order valence-electron chi connectivity index (χ2n) is 16.3. The predicted octanol–water partition coefficient (Wildman–Crippen LogP) is 14.6. The fourth-order valence-electron chi connectivity index (χ4n) is 11.0. The van der Waals surface area contributed by atoms with E-state index in [2.05, 4.69) is 219 Å². The van der Waals surface area contributed by atoms with Crippen molar-refractivity contribution in [2.24, 2.45) is 0 Å². The lowest BCUT2D eigenvalue weighted by Gasteiger charge is -2.36. The third-order valence-corrected chi connectivity index (χ3v) is 13.3. The van der Waals surface area contributed by atoms with Gasteiger partial charge in [-0.05, 0) is 90.3 Å². The van der Waals surface area contributed by atoms with E-state index in [0.29, 0.717) is 0 Å². The smallest absolute Gasteiger partial charge is 0.0726 e. The molecule has 9 aromatic carbocycles. The lowest BCUT2D eigenvalue weighted by atomic mass is 9.66. The second-order valence-corrected chi connectivity index (χ2v) is 16.3. The van der Waals surface area contributed by atoms with Crippen molar-refractivity contribution in [3.05, 3.63) is 234 Å². The Morgan fingerprint density at radius 3 is 1.32 bits per heavy atom. The van der Waals surface area contributed by atoms with E-state index in [1.54, 1.807) is 0 Å². The molecule has 268 valence electrons. The van der Waals surface area contributed by atoms with Crippen molar-refractivity contribution in [3.8, 4) is 44.5 Å². The van der Waals surface area contributed by atoms with E-state index < -0.39 is 5.41 Å². The van der Waals surface area contributed by atoms with Crippen LogP contribution in [0, 0.1) is 0 Å². The molecule has 0 aromatic heterocycles. The summed E-state index contributed by atoms with van der Waals surface area (Å²) in [7, 11) is 0. The molecule has 3 aliphatic rings. The molecular weight excluding hydrogens is 687 g/mol. The van der Waals surface area contributed by atoms with Gasteiger partial charge in [-0.1, -0.05) is 196 Å². The number of anilines is 3. The van der Waals surface area contributed by atoms with Crippen molar-refractivity contribution in [2.75, 3.05) is 4.90 Å². The molecule has 0 atom stereocenters. The van der Waals surface area contributed by atoms with Gasteiger partial charge in [0, 0.05) is 21.9 Å². The lowest BCUT2D eigenvalue weighted by Crippen LogP contribution is -2.29. The number of hydrogen-bond acceptors (Lipinski definition) is 1. The average Bonchev–Trinajstić information content (AvgIpc) is 3.66. The third kappa shape index (κ3) is 4.18. The Morgan fingerprint density at radius 1 is 0.298 bits per heavy atom. The fourth-order valence-corrected chi connectivity index (χ4v) is 11.0. The molecule has 12 rings (SSSR count). The monoisotopic (exact) mass is 725 g/mol. The fraction of sp³-hybridized carbons (Fsp3) is 0.0714. The SMILES string of the molecule is CC1(C)c2ccccc2-c2c(N(c3cccc4c3-c3ccccc3C43c4ccccc4-c4ccccc4-c4ccccc43)c3cccc4ccccc34)cccc21. The van der Waals surface area contributed by atoms with Crippen LogP contribution in [0.15, 0.2) is 200 Å². The van der Waals surface area contributed by atoms with Gasteiger partial charge in [0.15, 0.2) is 0 Å². The van der Waals surface area contributed by atoms with Gasteiger partial charge in [0.2, 0.25) is 0 Å². The largest absolute Gasteiger partial charge is 0.309 e. The normalized spacial score (nSPS) is 14.4. The molecule has 3 aliphatic carbocycles. The maximum Gasteiger partial charge on any atom is 0.0726 e. The molecule has 57 heavy (non-hydrogen) atoms. The van der Waals surface area contributed by atoms with Crippen molar-refractivity contribution in [1.82, 2.24) is 0 Å². The molecule has 0 bridgehead atoms. The molecule has 0 radical (unpaired) electrons. The van der Waals surface area contributed by atoms with Gasteiger partial charge in [-0.2, -0.15) is 0 Å². The minimum atomic E-state index is -0.564. The molecule has 0 N–H and O–H groups in total. The Hall–Kier alpha value is -6.96. The van der Waals surface area contributed by atoms with Crippen LogP contribution in [0.25, 0.3) is 55.3 Å². The number of fused-ring (bicyclic) bond motifs is 16. The Kier molecular flexibility index (Phi) is 6.67. The molecule has 0 saturated carbocycles. The van der Waals surface area contributed by atoms with E-state index >= 15 is 0 Å². The topological polar surface area (TPSA) is 3.24 Å². The molecule has 0 aliphatic heterocycles. The van der Waals surface area contributed by atoms with Gasteiger partial charge in [-0.25, -0.2) is 0 Å². The summed E-state index contributed by atoms with van der Waals surface area (Å²) in [6, 6.07) is 75.2. The zero-order chi connectivity index (χ0) is 37.9. The zero-order valence-corrected chi connectivity index (χ0v) is 32.0. The molecule has 1 heteroatoms. The molecule has 0 fully saturated rings. The molecule has 1 nitrogen and oxygen atoms in total. The highest BCUT2D eigenvalue weighted by molar-refractivity contribution is 6.07. The van der Waals surface area contributed by atoms with E-state index in [0.717, 1.165) is 0 Å². The number of rotatable bonds is 3. The number of benzene rings is 9. The summed E-state index contributed by atoms with van der Waals surface area (Å²) in [5.41, 5.74) is 21.1. The Balaban J connectivity index is 1.24. The van der Waals surface area contributed by atoms with Crippen molar-refractivity contribution >= 4 is 27.8 Å². The Morgan fingerprint density at radius 2 is 0.684 bits per heavy atom. The van der Waals surface area contributed by atoms with E-state index in [4.69, 9.17) is 0 Å². The standard InChI is InChI=1S/C56H39N/c1-55(2)44-27-11-9-25-42(44)53-48(55)31-16-34-51(53)57(50-33-15-19-36-18-3-4-20-37(36)50)52-35-17-32-49-54(52)43-26-10-14-30-47(43)56(49)45-28-12-7-23-40(45)38-21-5-6-22-39(38)41-24-8-13-29-46(41)56/h3-35H,1-2H3. The van der Waals surface area contributed by atoms with Gasteiger partial charge in [0.1, 0.15) is 0 Å². The third-order valence-electron chi connectivity index (χ3n) is 13.3. The minimum absolute atomic E-state index is 0.134. The summed E-state index contributed by atoms with van der Waals surface area (Å²) in [6.45, 7) is 4.76. The van der Waals surface area contributed by atoms with Crippen LogP contribution < -0.4 is 4.90 Å². The van der Waals surface area contributed by atoms with Crippen LogP contribution in [0.4, 0.5) is 17.1 Å². The van der Waals surface area contributed by atoms with Crippen LogP contribution in [0.1, 0.15) is 47.2 Å². The van der Waals surface area contributed by atoms with Gasteiger partial charge >= 0.3 is 0 Å². The van der Waals surface area contributed by atoms with Crippen molar-refractivity contribution in [1.29, 1.82) is 0 Å². The number of nitrogens with zero attached hydrogens (tertiary/aromatic N) is 1. The first-order valence-corrected chi connectivity index (χ1v) is 20.1. The van der Waals surface area contributed by atoms with Crippen LogP contribution >= 0.6 is 0 Å². The molecule has 0 unspecified atom stereocenters. The summed E-state index contributed by atoms with van der Waals surface area (Å²) < 4.78 is 0. The Labute approximate surface area is 334 Å². The molecule has 0 heterocycles. The molecule has 0 amide bonds. The molecule has 9 aromatic rings. The summed E-state index contributed by atoms with van der Waals surface area (Å²) in [6.07, 6.45) is 0. The van der Waals surface area contributed by atoms with Gasteiger partial charge in [0.25, 0.3) is 0 Å². The molecule has 1 spiro atoms. The maximum atomic E-state index is 2.59. The second kappa shape index (κ2) is 11.8. The summed E-state index contributed by atoms with van der Waals surface area (Å²) in [4.78, 5) is 2.59. The average molecular weight is 726 g/mol. The van der Waals surface area contributed by atoms with Crippen LogP contribution in [0.5, 0.6) is 0 Å². The molecular formula is C56H39N. The predicted molar refractivity (Wildman–Crippen MR) is 238 cm³/mol. The minimum Gasteiger partial charge on any atom is -0.309 e. The van der Waals surface area contributed by atoms with Gasteiger partial charge in [-0.15, -0.1) is 0 Å². The number of hydrogen-bond donors (Lipinski definition) is 0. The van der Waals surface area contributed by atoms with E-state index in [1.165, 1.54) is 106 Å². The molecule has 0 saturated heterocycles. The van der Waals surface area contributed by atoms with Crippen LogP contribution in [0.2, 0.25) is 0 Å². The van der Waals surface area contributed by atoms with Crippen LogP contribution in [0.3, 0.4) is 0 Å². The first kappa shape index (κ1) is 32.3. The lowest BCUT2D eigenvalue weighted by molar-refractivity contribution is 0.660. The van der Waals surface area contributed by atoms with E-state index in [1.807, 2.05) is 0 Å². The highest BCUT2D eigenvalue weighted by Crippen LogP contribution is 2.64. The first-order chi connectivity index (χ1) is 28.1. The van der Waals surface area contributed by atoms with Crippen molar-refractivity contribution in [2.45, 2.75) is 24.7 Å². The maximum absolute atomic E-state index is 2.59. The highest BCUT2D eigenvalue weighted by atomic mass is 15.2. The van der Waals surface area contributed by atoms with E-state index in [-0.39, 0.29) is 5.41 Å². The summed E-state index contributed by atoms with van der Waals surface area (Å²) in [5, 5.41) is 2.45. The van der Waals surface area contributed by atoms with Crippen LogP contribution in [-0.2, 0) is 10.8 Å². The van der Waals surface area contributed by atoms with Gasteiger partial charge in [-0.3, -0.25) is 0 Å². The van der Waals surface area contributed by atoms with Crippen molar-refractivity contribution in [3.63, 3.8) is 0 Å². The Bertz CT molecular complexity index is 3050. The van der Waals surface area contributed by atoms with E-state index in [9.17, 15) is 0 Å². The summed E-state index contributed by atoms with van der Waals surface area (Å²) in [5.74, 6) is 0. The quantitative estimate of drug-likeness (QED) is 0.175. The van der Waals surface area contributed by atoms with Crippen molar-refractivity contribution < 1.29 is 0 Å². The van der Waals surface area contributed by atoms with Crippen LogP contribution in [-0.4, -0.2) is 0 Å². The van der Waals surface area contributed by atoms with Gasteiger partial charge < -0.3 is 4.90 Å². The zero-order valence-electron chi connectivity index (χ0n) is 32.0. The summed E-state index contributed by atoms with van der Waals surface area (Å²) >= 11 is 0. The highest BCUT2D eigenvalue weighted by Gasteiger charge is 2.51.